The molecule has 6 nitrogen and oxygen atoms in total. The Morgan fingerprint density at radius 3 is 2.86 bits per heavy atom. The molecule has 2 N–H and O–H groups in total. The Bertz CT molecular complexity index is 626. The zero-order chi connectivity index (χ0) is 15.3. The number of hydrogen-bond acceptors (Lipinski definition) is 4. The molecule has 0 saturated carbocycles. The zero-order valence-corrected chi connectivity index (χ0v) is 13.2. The normalized spacial score (nSPS) is 17.9. The van der Waals surface area contributed by atoms with Crippen LogP contribution in [0.5, 0.6) is 0 Å². The van der Waals surface area contributed by atoms with Gasteiger partial charge in [-0.1, -0.05) is 19.4 Å². The van der Waals surface area contributed by atoms with Gasteiger partial charge < -0.3 is 10.1 Å². The van der Waals surface area contributed by atoms with Gasteiger partial charge in [0.05, 0.1) is 18.8 Å². The number of aryl methyl sites for hydroxylation is 1. The predicted molar refractivity (Wildman–Crippen MR) is 83.2 cm³/mol. The number of ether oxygens (including phenoxy) is 1. The molecule has 0 saturated heterocycles. The highest BCUT2D eigenvalue weighted by Crippen LogP contribution is 2.26. The third-order valence-corrected chi connectivity index (χ3v) is 4.58. The van der Waals surface area contributed by atoms with Crippen LogP contribution in [0.15, 0.2) is 28.1 Å². The van der Waals surface area contributed by atoms with E-state index in [1.54, 1.807) is 19.2 Å². The van der Waals surface area contributed by atoms with Gasteiger partial charge in [0, 0.05) is 7.11 Å². The molecule has 0 bridgehead atoms. The molecule has 1 aliphatic heterocycles. The Labute approximate surface area is 125 Å². The monoisotopic (exact) mass is 311 g/mol. The highest BCUT2D eigenvalue weighted by Gasteiger charge is 2.26. The molecule has 2 rings (SSSR count). The van der Waals surface area contributed by atoms with E-state index in [1.165, 1.54) is 0 Å². The summed E-state index contributed by atoms with van der Waals surface area (Å²) in [5.74, 6) is 0.237. The van der Waals surface area contributed by atoms with Gasteiger partial charge >= 0.3 is 0 Å². The third-order valence-electron chi connectivity index (χ3n) is 3.20. The average molecular weight is 311 g/mol. The number of fused-ring (bicyclic) bond motifs is 1. The molecule has 0 spiro atoms. The molecule has 116 valence electrons. The van der Waals surface area contributed by atoms with Crippen molar-refractivity contribution in [2.24, 2.45) is 4.99 Å². The van der Waals surface area contributed by atoms with Crippen molar-refractivity contribution in [2.75, 3.05) is 25.6 Å². The molecule has 0 aromatic heterocycles. The summed E-state index contributed by atoms with van der Waals surface area (Å²) in [7, 11) is -1.98. The van der Waals surface area contributed by atoms with Crippen LogP contribution >= 0.6 is 0 Å². The van der Waals surface area contributed by atoms with Crippen molar-refractivity contribution in [1.29, 1.82) is 0 Å². The largest absolute Gasteiger partial charge is 0.383 e. The second kappa shape index (κ2) is 6.91. The van der Waals surface area contributed by atoms with Crippen LogP contribution in [0, 0.1) is 0 Å². The molecule has 0 atom stereocenters. The number of nitrogens with one attached hydrogen (secondary N) is 2. The number of methoxy groups -OCH3 is 1. The van der Waals surface area contributed by atoms with E-state index in [4.69, 9.17) is 4.74 Å². The van der Waals surface area contributed by atoms with Gasteiger partial charge in [-0.2, -0.15) is 0 Å². The summed E-state index contributed by atoms with van der Waals surface area (Å²) in [4.78, 5) is 4.41. The highest BCUT2D eigenvalue weighted by molar-refractivity contribution is 7.90. The van der Waals surface area contributed by atoms with E-state index in [0.717, 1.165) is 24.8 Å². The van der Waals surface area contributed by atoms with Crippen LogP contribution in [0.3, 0.4) is 0 Å². The summed E-state index contributed by atoms with van der Waals surface area (Å²) in [5, 5.41) is 3.00. The minimum Gasteiger partial charge on any atom is -0.383 e. The lowest BCUT2D eigenvalue weighted by Gasteiger charge is -2.22. The molecule has 1 heterocycles. The van der Waals surface area contributed by atoms with E-state index in [-0.39, 0.29) is 10.9 Å². The topological polar surface area (TPSA) is 79.8 Å². The summed E-state index contributed by atoms with van der Waals surface area (Å²) in [6.07, 6.45) is 3.01. The van der Waals surface area contributed by atoms with Crippen LogP contribution in [0.1, 0.15) is 25.3 Å². The maximum Gasteiger partial charge on any atom is 0.266 e. The van der Waals surface area contributed by atoms with Crippen LogP contribution in [0.2, 0.25) is 0 Å². The number of guanidine groups is 1. The summed E-state index contributed by atoms with van der Waals surface area (Å²) in [6.45, 7) is 2.95. The van der Waals surface area contributed by atoms with Gasteiger partial charge in [0.25, 0.3) is 10.0 Å². The number of rotatable bonds is 6. The molecule has 0 aliphatic carbocycles. The lowest BCUT2D eigenvalue weighted by Crippen LogP contribution is -2.41. The Morgan fingerprint density at radius 2 is 2.14 bits per heavy atom. The zero-order valence-electron chi connectivity index (χ0n) is 12.3. The van der Waals surface area contributed by atoms with Gasteiger partial charge in [0.15, 0.2) is 0 Å². The second-order valence-corrected chi connectivity index (χ2v) is 6.54. The van der Waals surface area contributed by atoms with Crippen LogP contribution in [-0.4, -0.2) is 34.6 Å². The fourth-order valence-electron chi connectivity index (χ4n) is 2.08. The Morgan fingerprint density at radius 1 is 1.33 bits per heavy atom. The van der Waals surface area contributed by atoms with Gasteiger partial charge in [-0.15, -0.1) is 0 Å². The van der Waals surface area contributed by atoms with E-state index in [9.17, 15) is 8.42 Å². The van der Waals surface area contributed by atoms with Crippen LogP contribution in [-0.2, 0) is 21.2 Å². The van der Waals surface area contributed by atoms with Gasteiger partial charge in [-0.25, -0.2) is 18.1 Å². The number of aliphatic imine (C=N–C) groups is 1. The molecule has 0 fully saturated rings. The number of unbranched alkanes of at least 4 members (excludes halogenated alkanes) is 1. The number of hydrogen-bond donors (Lipinski definition) is 2. The summed E-state index contributed by atoms with van der Waals surface area (Å²) < 4.78 is 31.9. The van der Waals surface area contributed by atoms with E-state index < -0.39 is 10.0 Å². The van der Waals surface area contributed by atoms with Gasteiger partial charge in [0.1, 0.15) is 4.90 Å². The molecule has 0 amide bonds. The molecule has 7 heteroatoms. The minimum atomic E-state index is -3.56. The van der Waals surface area contributed by atoms with Crippen molar-refractivity contribution in [1.82, 2.24) is 4.72 Å². The first kappa shape index (κ1) is 15.8. The van der Waals surface area contributed by atoms with E-state index in [1.807, 2.05) is 6.07 Å². The number of sulfonamides is 1. The maximum absolute atomic E-state index is 12.3. The molecule has 0 unspecified atom stereocenters. The first-order valence-corrected chi connectivity index (χ1v) is 8.51. The van der Waals surface area contributed by atoms with Gasteiger partial charge in [-0.3, -0.25) is 0 Å². The van der Waals surface area contributed by atoms with Crippen molar-refractivity contribution in [3.05, 3.63) is 23.8 Å². The van der Waals surface area contributed by atoms with Gasteiger partial charge in [0.2, 0.25) is 5.96 Å². The van der Waals surface area contributed by atoms with Crippen LogP contribution in [0.4, 0.5) is 5.69 Å². The van der Waals surface area contributed by atoms with Crippen molar-refractivity contribution in [3.63, 3.8) is 0 Å². The Kier molecular flexibility index (Phi) is 5.19. The number of benzene rings is 1. The van der Waals surface area contributed by atoms with Crippen molar-refractivity contribution in [3.8, 4) is 0 Å². The van der Waals surface area contributed by atoms with Crippen molar-refractivity contribution >= 4 is 21.7 Å². The standard InChI is InChI=1S/C14H21N3O3S/c1-3-4-5-11-6-7-12-13(10-11)21(18,19)17-14(16-12)15-8-9-20-2/h6-7,10H,3-5,8-9H2,1-2H3,(H2,15,16,17). The molecule has 21 heavy (non-hydrogen) atoms. The fraction of sp³-hybridized carbons (Fsp3) is 0.500. The highest BCUT2D eigenvalue weighted by atomic mass is 32.2. The second-order valence-electron chi connectivity index (χ2n) is 4.89. The first-order valence-electron chi connectivity index (χ1n) is 7.03. The minimum absolute atomic E-state index is 0.237. The summed E-state index contributed by atoms with van der Waals surface area (Å²) >= 11 is 0. The van der Waals surface area contributed by atoms with E-state index in [2.05, 4.69) is 22.0 Å². The van der Waals surface area contributed by atoms with Crippen LogP contribution < -0.4 is 10.0 Å². The molecule has 1 aliphatic rings. The van der Waals surface area contributed by atoms with E-state index in [0.29, 0.717) is 18.8 Å². The van der Waals surface area contributed by atoms with Gasteiger partial charge in [-0.05, 0) is 30.5 Å². The smallest absolute Gasteiger partial charge is 0.266 e. The molecular formula is C14H21N3O3S. The van der Waals surface area contributed by atoms with Crippen molar-refractivity contribution < 1.29 is 13.2 Å². The van der Waals surface area contributed by atoms with E-state index >= 15 is 0 Å². The fourth-order valence-corrected chi connectivity index (χ4v) is 3.28. The molecule has 0 radical (unpaired) electrons. The SMILES string of the molecule is CCCCc1ccc2c(c1)S(=O)(=O)NC(=NCCOC)N2. The molecular weight excluding hydrogens is 290 g/mol. The predicted octanol–water partition coefficient (Wildman–Crippen LogP) is 1.74. The number of nitrogens with zero attached hydrogens (tertiary/aromatic N) is 1. The summed E-state index contributed by atoms with van der Waals surface area (Å²) in [6, 6.07) is 5.48. The molecule has 1 aromatic rings. The van der Waals surface area contributed by atoms with Crippen molar-refractivity contribution in [2.45, 2.75) is 31.1 Å². The third kappa shape index (κ3) is 3.95. The lowest BCUT2D eigenvalue weighted by atomic mass is 10.1. The lowest BCUT2D eigenvalue weighted by molar-refractivity contribution is 0.208. The maximum atomic E-state index is 12.3. The average Bonchev–Trinajstić information content (AvgIpc) is 2.45. The Balaban J connectivity index is 2.24. The summed E-state index contributed by atoms with van der Waals surface area (Å²) in [5.41, 5.74) is 1.59. The Hall–Kier alpha value is -1.60. The quantitative estimate of drug-likeness (QED) is 0.784. The van der Waals surface area contributed by atoms with Crippen LogP contribution in [0.25, 0.3) is 0 Å². The number of anilines is 1. The first-order chi connectivity index (χ1) is 10.1. The molecule has 1 aromatic carbocycles.